The monoisotopic (exact) mass is 270 g/mol. The Morgan fingerprint density at radius 1 is 1.26 bits per heavy atom. The summed E-state index contributed by atoms with van der Waals surface area (Å²) in [4.78, 5) is 11.6. The molecular weight excluding hydrogens is 251 g/mol. The van der Waals surface area contributed by atoms with Crippen molar-refractivity contribution in [3.05, 3.63) is 29.6 Å². The summed E-state index contributed by atoms with van der Waals surface area (Å²) >= 11 is 0. The van der Waals surface area contributed by atoms with E-state index in [-0.39, 0.29) is 17.9 Å². The molecule has 0 bridgehead atoms. The Kier molecular flexibility index (Phi) is 6.89. The van der Waals surface area contributed by atoms with Crippen molar-refractivity contribution in [2.75, 3.05) is 26.9 Å². The van der Waals surface area contributed by atoms with Gasteiger partial charge in [-0.2, -0.15) is 0 Å². The molecule has 4 nitrogen and oxygen atoms in total. The van der Waals surface area contributed by atoms with Gasteiger partial charge < -0.3 is 14.2 Å². The van der Waals surface area contributed by atoms with E-state index in [9.17, 15) is 9.18 Å². The molecule has 0 fully saturated rings. The molecule has 0 N–H and O–H groups in total. The molecule has 0 amide bonds. The van der Waals surface area contributed by atoms with E-state index in [0.717, 1.165) is 18.9 Å². The Balaban J connectivity index is 2.57. The second-order valence-electron chi connectivity index (χ2n) is 3.98. The minimum absolute atomic E-state index is 0.145. The molecule has 0 heterocycles. The number of carbonyl (C=O) groups is 1. The van der Waals surface area contributed by atoms with Gasteiger partial charge in [-0.15, -0.1) is 0 Å². The molecule has 19 heavy (non-hydrogen) atoms. The van der Waals surface area contributed by atoms with Crippen molar-refractivity contribution in [2.45, 2.75) is 19.8 Å². The lowest BCUT2D eigenvalue weighted by molar-refractivity contribution is 0.0387. The zero-order valence-corrected chi connectivity index (χ0v) is 11.3. The summed E-state index contributed by atoms with van der Waals surface area (Å²) in [6.07, 6.45) is 1.84. The standard InChI is InChI=1S/C14H19FO4/c1-3-4-7-18-13-6-5-11(10-12(13)15)14(16)19-9-8-17-2/h5-6,10H,3-4,7-9H2,1-2H3. The number of halogens is 1. The molecule has 0 atom stereocenters. The quantitative estimate of drug-likeness (QED) is 0.538. The van der Waals surface area contributed by atoms with E-state index in [0.29, 0.717) is 13.2 Å². The minimum Gasteiger partial charge on any atom is -0.491 e. The van der Waals surface area contributed by atoms with Crippen LogP contribution < -0.4 is 4.74 Å². The Hall–Kier alpha value is -1.62. The molecule has 1 aromatic carbocycles. The van der Waals surface area contributed by atoms with Crippen molar-refractivity contribution < 1.29 is 23.4 Å². The van der Waals surface area contributed by atoms with E-state index < -0.39 is 11.8 Å². The SMILES string of the molecule is CCCCOc1ccc(C(=O)OCCOC)cc1F. The van der Waals surface area contributed by atoms with Crippen LogP contribution in [-0.2, 0) is 9.47 Å². The summed E-state index contributed by atoms with van der Waals surface area (Å²) in [5.74, 6) is -0.977. The first-order valence-corrected chi connectivity index (χ1v) is 6.27. The smallest absolute Gasteiger partial charge is 0.338 e. The predicted molar refractivity (Wildman–Crippen MR) is 69.0 cm³/mol. The first kappa shape index (κ1) is 15.4. The fourth-order valence-electron chi connectivity index (χ4n) is 1.37. The van der Waals surface area contributed by atoms with Crippen LogP contribution in [0.4, 0.5) is 4.39 Å². The van der Waals surface area contributed by atoms with Gasteiger partial charge >= 0.3 is 5.97 Å². The van der Waals surface area contributed by atoms with Crippen molar-refractivity contribution in [3.63, 3.8) is 0 Å². The fourth-order valence-corrected chi connectivity index (χ4v) is 1.37. The summed E-state index contributed by atoms with van der Waals surface area (Å²) in [6.45, 7) is 2.95. The normalized spacial score (nSPS) is 10.3. The zero-order valence-electron chi connectivity index (χ0n) is 11.3. The molecular formula is C14H19FO4. The Labute approximate surface area is 112 Å². The third kappa shape index (κ3) is 5.26. The van der Waals surface area contributed by atoms with Gasteiger partial charge in [0.15, 0.2) is 11.6 Å². The summed E-state index contributed by atoms with van der Waals surface area (Å²) in [6, 6.07) is 4.05. The highest BCUT2D eigenvalue weighted by Gasteiger charge is 2.11. The maximum atomic E-state index is 13.7. The van der Waals surface area contributed by atoms with Gasteiger partial charge in [-0.3, -0.25) is 0 Å². The molecule has 1 rings (SSSR count). The van der Waals surface area contributed by atoms with Crippen molar-refractivity contribution >= 4 is 5.97 Å². The minimum atomic E-state index is -0.573. The van der Waals surface area contributed by atoms with Gasteiger partial charge in [0, 0.05) is 7.11 Å². The van der Waals surface area contributed by atoms with Gasteiger partial charge in [0.25, 0.3) is 0 Å². The predicted octanol–water partition coefficient (Wildman–Crippen LogP) is 2.81. The maximum Gasteiger partial charge on any atom is 0.338 e. The highest BCUT2D eigenvalue weighted by molar-refractivity contribution is 5.89. The largest absolute Gasteiger partial charge is 0.491 e. The van der Waals surface area contributed by atoms with Crippen LogP contribution in [0.3, 0.4) is 0 Å². The Bertz CT molecular complexity index is 406. The number of carbonyl (C=O) groups excluding carboxylic acids is 1. The number of rotatable bonds is 8. The van der Waals surface area contributed by atoms with Crippen molar-refractivity contribution in [1.29, 1.82) is 0 Å². The Morgan fingerprint density at radius 3 is 2.68 bits per heavy atom. The lowest BCUT2D eigenvalue weighted by Gasteiger charge is -2.08. The molecule has 0 aliphatic carbocycles. The number of benzene rings is 1. The van der Waals surface area contributed by atoms with Gasteiger partial charge in [0.2, 0.25) is 0 Å². The van der Waals surface area contributed by atoms with Crippen molar-refractivity contribution in [3.8, 4) is 5.75 Å². The van der Waals surface area contributed by atoms with Crippen LogP contribution in [0.2, 0.25) is 0 Å². The Morgan fingerprint density at radius 2 is 2.05 bits per heavy atom. The maximum absolute atomic E-state index is 13.7. The molecule has 0 unspecified atom stereocenters. The molecule has 106 valence electrons. The van der Waals surface area contributed by atoms with E-state index in [4.69, 9.17) is 14.2 Å². The lowest BCUT2D eigenvalue weighted by Crippen LogP contribution is -2.10. The number of methoxy groups -OCH3 is 1. The number of ether oxygens (including phenoxy) is 3. The topological polar surface area (TPSA) is 44.8 Å². The second kappa shape index (κ2) is 8.48. The van der Waals surface area contributed by atoms with E-state index in [1.165, 1.54) is 19.2 Å². The number of esters is 1. The average molecular weight is 270 g/mol. The van der Waals surface area contributed by atoms with Gasteiger partial charge in [0.1, 0.15) is 6.61 Å². The van der Waals surface area contributed by atoms with Crippen LogP contribution >= 0.6 is 0 Å². The number of hydrogen-bond acceptors (Lipinski definition) is 4. The third-order valence-electron chi connectivity index (χ3n) is 2.44. The first-order valence-electron chi connectivity index (χ1n) is 6.27. The average Bonchev–Trinajstić information content (AvgIpc) is 2.41. The van der Waals surface area contributed by atoms with Crippen LogP contribution in [0.5, 0.6) is 5.75 Å². The highest BCUT2D eigenvalue weighted by atomic mass is 19.1. The van der Waals surface area contributed by atoms with Crippen molar-refractivity contribution in [2.24, 2.45) is 0 Å². The lowest BCUT2D eigenvalue weighted by atomic mass is 10.2. The second-order valence-corrected chi connectivity index (χ2v) is 3.98. The van der Waals surface area contributed by atoms with Crippen LogP contribution in [0.1, 0.15) is 30.1 Å². The summed E-state index contributed by atoms with van der Waals surface area (Å²) < 4.78 is 28.6. The number of hydrogen-bond donors (Lipinski definition) is 0. The molecule has 5 heteroatoms. The van der Waals surface area contributed by atoms with Gasteiger partial charge in [0.05, 0.1) is 18.8 Å². The van der Waals surface area contributed by atoms with Crippen LogP contribution in [0.25, 0.3) is 0 Å². The van der Waals surface area contributed by atoms with Gasteiger partial charge in [-0.05, 0) is 24.6 Å². The van der Waals surface area contributed by atoms with Crippen LogP contribution in [0.15, 0.2) is 18.2 Å². The molecule has 0 aromatic heterocycles. The fraction of sp³-hybridized carbons (Fsp3) is 0.500. The zero-order chi connectivity index (χ0) is 14.1. The highest BCUT2D eigenvalue weighted by Crippen LogP contribution is 2.19. The van der Waals surface area contributed by atoms with Crippen LogP contribution in [-0.4, -0.2) is 32.9 Å². The molecule has 0 saturated carbocycles. The summed E-state index contributed by atoms with van der Waals surface area (Å²) in [7, 11) is 1.51. The molecule has 1 aromatic rings. The molecule has 0 spiro atoms. The molecule has 0 aliphatic heterocycles. The van der Waals surface area contributed by atoms with Gasteiger partial charge in [-0.1, -0.05) is 13.3 Å². The van der Waals surface area contributed by atoms with E-state index in [2.05, 4.69) is 0 Å². The molecule has 0 radical (unpaired) electrons. The van der Waals surface area contributed by atoms with Gasteiger partial charge in [-0.25, -0.2) is 9.18 Å². The van der Waals surface area contributed by atoms with Crippen LogP contribution in [0, 0.1) is 5.82 Å². The van der Waals surface area contributed by atoms with Crippen molar-refractivity contribution in [1.82, 2.24) is 0 Å². The first-order chi connectivity index (χ1) is 9.19. The number of unbranched alkanes of at least 4 members (excludes halogenated alkanes) is 1. The summed E-state index contributed by atoms with van der Waals surface area (Å²) in [5, 5.41) is 0. The third-order valence-corrected chi connectivity index (χ3v) is 2.44. The summed E-state index contributed by atoms with van der Waals surface area (Å²) in [5.41, 5.74) is 0.163. The van der Waals surface area contributed by atoms with E-state index in [1.54, 1.807) is 0 Å². The molecule has 0 saturated heterocycles. The molecule has 0 aliphatic rings. The van der Waals surface area contributed by atoms with E-state index in [1.807, 2.05) is 6.92 Å². The van der Waals surface area contributed by atoms with E-state index >= 15 is 0 Å².